The van der Waals surface area contributed by atoms with Crippen molar-refractivity contribution in [2.75, 3.05) is 6.61 Å². The lowest BCUT2D eigenvalue weighted by Crippen LogP contribution is -2.44. The van der Waals surface area contributed by atoms with Crippen LogP contribution in [-0.2, 0) is 11.2 Å². The van der Waals surface area contributed by atoms with Crippen LogP contribution in [0.3, 0.4) is 0 Å². The van der Waals surface area contributed by atoms with E-state index in [0.29, 0.717) is 25.0 Å². The molecule has 40 heavy (non-hydrogen) atoms. The number of benzene rings is 1. The van der Waals surface area contributed by atoms with Crippen molar-refractivity contribution in [3.63, 3.8) is 0 Å². The fourth-order valence-corrected chi connectivity index (χ4v) is 6.41. The molecule has 0 spiro atoms. The number of rotatable bonds is 18. The number of halogens is 2. The summed E-state index contributed by atoms with van der Waals surface area (Å²) < 4.78 is 22.7. The van der Waals surface area contributed by atoms with Gasteiger partial charge in [-0.05, 0) is 90.2 Å². The quantitative estimate of drug-likeness (QED) is 0.169. The molecule has 1 aliphatic carbocycles. The second-order valence-electron chi connectivity index (χ2n) is 11.7. The molecule has 4 nitrogen and oxygen atoms in total. The third-order valence-corrected chi connectivity index (χ3v) is 9.24. The molecule has 1 unspecified atom stereocenters. The summed E-state index contributed by atoms with van der Waals surface area (Å²) in [7, 11) is 0. The number of aryl methyl sites for hydroxylation is 1. The zero-order chi connectivity index (χ0) is 28.8. The number of carboxylic acids is 1. The molecule has 1 aliphatic rings. The maximum atomic E-state index is 15.8. The van der Waals surface area contributed by atoms with Crippen LogP contribution in [0.1, 0.15) is 116 Å². The molecule has 1 heterocycles. The van der Waals surface area contributed by atoms with E-state index in [-0.39, 0.29) is 18.9 Å². The van der Waals surface area contributed by atoms with Gasteiger partial charge >= 0.3 is 5.97 Å². The Morgan fingerprint density at radius 1 is 1.05 bits per heavy atom. The van der Waals surface area contributed by atoms with Gasteiger partial charge in [-0.2, -0.15) is 0 Å². The lowest BCUT2D eigenvalue weighted by molar-refractivity contribution is -0.158. The Morgan fingerprint density at radius 2 is 1.75 bits per heavy atom. The molecule has 222 valence electrons. The number of hydrogen-bond donors (Lipinski definition) is 1. The van der Waals surface area contributed by atoms with Crippen molar-refractivity contribution in [1.29, 1.82) is 0 Å². The average molecular weight is 619 g/mol. The standard InChI is InChI=1S/C34H49BrFNO3/c1-3-5-6-7-8-9-10-12-15-27-18-20-31(37-24-27)28-19-21-32(30(35)22-28)40-25-26(4-2)23-34(36,33(38)39)29-16-13-11-14-17-29/h18-22,24,26,29H,3-17,23,25H2,1-2H3,(H,38,39)/t26?,34-/m0/s1. The summed E-state index contributed by atoms with van der Waals surface area (Å²) in [6.07, 6.45) is 18.5. The maximum absolute atomic E-state index is 15.8. The minimum atomic E-state index is -2.18. The summed E-state index contributed by atoms with van der Waals surface area (Å²) in [5.41, 5.74) is 1.00. The van der Waals surface area contributed by atoms with Crippen LogP contribution in [-0.4, -0.2) is 28.3 Å². The van der Waals surface area contributed by atoms with Crippen molar-refractivity contribution in [1.82, 2.24) is 4.98 Å². The summed E-state index contributed by atoms with van der Waals surface area (Å²) in [4.78, 5) is 16.7. The highest BCUT2D eigenvalue weighted by molar-refractivity contribution is 9.10. The van der Waals surface area contributed by atoms with Crippen molar-refractivity contribution in [3.8, 4) is 17.0 Å². The number of unbranched alkanes of at least 4 members (excludes halogenated alkanes) is 7. The molecule has 1 aromatic heterocycles. The van der Waals surface area contributed by atoms with Gasteiger partial charge in [-0.15, -0.1) is 0 Å². The summed E-state index contributed by atoms with van der Waals surface area (Å²) in [6.45, 7) is 4.51. The lowest BCUT2D eigenvalue weighted by Gasteiger charge is -2.35. The van der Waals surface area contributed by atoms with Gasteiger partial charge in [-0.1, -0.05) is 84.1 Å². The Balaban J connectivity index is 1.50. The fourth-order valence-electron chi connectivity index (χ4n) is 5.92. The van der Waals surface area contributed by atoms with Gasteiger partial charge in [-0.25, -0.2) is 9.18 Å². The van der Waals surface area contributed by atoms with Crippen molar-refractivity contribution in [3.05, 3.63) is 46.6 Å². The highest BCUT2D eigenvalue weighted by atomic mass is 79.9. The molecule has 2 aromatic rings. The Hall–Kier alpha value is -1.95. The van der Waals surface area contributed by atoms with E-state index >= 15 is 4.39 Å². The van der Waals surface area contributed by atoms with Crippen LogP contribution < -0.4 is 4.74 Å². The Labute approximate surface area is 249 Å². The number of carbonyl (C=O) groups is 1. The van der Waals surface area contributed by atoms with Gasteiger partial charge < -0.3 is 9.84 Å². The van der Waals surface area contributed by atoms with Crippen LogP contribution in [0.4, 0.5) is 4.39 Å². The van der Waals surface area contributed by atoms with Gasteiger partial charge in [-0.3, -0.25) is 4.98 Å². The summed E-state index contributed by atoms with van der Waals surface area (Å²) >= 11 is 3.63. The van der Waals surface area contributed by atoms with Crippen LogP contribution in [0.25, 0.3) is 11.3 Å². The number of nitrogens with zero attached hydrogens (tertiary/aromatic N) is 1. The number of pyridine rings is 1. The Kier molecular flexibility index (Phi) is 13.9. The molecule has 0 saturated heterocycles. The summed E-state index contributed by atoms with van der Waals surface area (Å²) in [5.74, 6) is -1.23. The van der Waals surface area contributed by atoms with Crippen molar-refractivity contribution >= 4 is 21.9 Å². The number of carboxylic acid groups (broad SMARTS) is 1. The summed E-state index contributed by atoms with van der Waals surface area (Å²) in [5, 5.41) is 9.78. The van der Waals surface area contributed by atoms with Gasteiger partial charge in [0.05, 0.1) is 16.8 Å². The van der Waals surface area contributed by atoms with Gasteiger partial charge in [0.25, 0.3) is 0 Å². The molecule has 1 aromatic carbocycles. The molecule has 3 rings (SSSR count). The zero-order valence-electron chi connectivity index (χ0n) is 24.6. The fraction of sp³-hybridized carbons (Fsp3) is 0.647. The van der Waals surface area contributed by atoms with Crippen LogP contribution in [0.15, 0.2) is 41.0 Å². The van der Waals surface area contributed by atoms with E-state index in [1.165, 1.54) is 56.9 Å². The first kappa shape index (κ1) is 32.6. The predicted molar refractivity (Wildman–Crippen MR) is 166 cm³/mol. The minimum absolute atomic E-state index is 0.00553. The first-order chi connectivity index (χ1) is 19.4. The number of aromatic nitrogens is 1. The average Bonchev–Trinajstić information content (AvgIpc) is 2.97. The Morgan fingerprint density at radius 3 is 2.35 bits per heavy atom. The molecule has 0 radical (unpaired) electrons. The molecular formula is C34H49BrFNO3. The SMILES string of the molecule is CCCCCCCCCCc1ccc(-c2ccc(OCC(CC)C[C@@](F)(C(=O)O)C3CCCCC3)c(Br)c2)nc1. The highest BCUT2D eigenvalue weighted by Gasteiger charge is 2.47. The van der Waals surface area contributed by atoms with Gasteiger partial charge in [0.15, 0.2) is 0 Å². The lowest BCUT2D eigenvalue weighted by atomic mass is 9.74. The monoisotopic (exact) mass is 617 g/mol. The highest BCUT2D eigenvalue weighted by Crippen LogP contribution is 2.40. The van der Waals surface area contributed by atoms with E-state index < -0.39 is 17.6 Å². The number of aliphatic carboxylic acids is 1. The van der Waals surface area contributed by atoms with Crippen molar-refractivity contribution in [2.45, 2.75) is 122 Å². The van der Waals surface area contributed by atoms with E-state index in [0.717, 1.165) is 41.4 Å². The van der Waals surface area contributed by atoms with E-state index in [1.54, 1.807) is 0 Å². The molecule has 1 saturated carbocycles. The number of alkyl halides is 1. The third kappa shape index (κ3) is 9.85. The second-order valence-corrected chi connectivity index (χ2v) is 12.6. The first-order valence-corrected chi connectivity index (χ1v) is 16.5. The number of hydrogen-bond acceptors (Lipinski definition) is 3. The predicted octanol–water partition coefficient (Wildman–Crippen LogP) is 10.4. The van der Waals surface area contributed by atoms with Gasteiger partial charge in [0.1, 0.15) is 5.75 Å². The molecule has 0 amide bonds. The zero-order valence-corrected chi connectivity index (χ0v) is 26.2. The van der Waals surface area contributed by atoms with Gasteiger partial charge in [0.2, 0.25) is 5.67 Å². The Bertz CT molecular complexity index is 1020. The normalized spacial score (nSPS) is 16.4. The van der Waals surface area contributed by atoms with Crippen LogP contribution in [0.2, 0.25) is 0 Å². The van der Waals surface area contributed by atoms with Crippen LogP contribution in [0.5, 0.6) is 5.75 Å². The number of ether oxygens (including phenoxy) is 1. The third-order valence-electron chi connectivity index (χ3n) is 8.62. The van der Waals surface area contributed by atoms with Crippen LogP contribution in [0, 0.1) is 11.8 Å². The second kappa shape index (κ2) is 17.1. The maximum Gasteiger partial charge on any atom is 0.341 e. The van der Waals surface area contributed by atoms with E-state index in [4.69, 9.17) is 9.72 Å². The largest absolute Gasteiger partial charge is 0.492 e. The molecular weight excluding hydrogens is 569 g/mol. The van der Waals surface area contributed by atoms with Crippen molar-refractivity contribution < 1.29 is 19.0 Å². The van der Waals surface area contributed by atoms with E-state index in [2.05, 4.69) is 35.0 Å². The topological polar surface area (TPSA) is 59.4 Å². The van der Waals surface area contributed by atoms with E-state index in [9.17, 15) is 9.90 Å². The molecule has 1 fully saturated rings. The molecule has 0 aliphatic heterocycles. The first-order valence-electron chi connectivity index (χ1n) is 15.7. The van der Waals surface area contributed by atoms with E-state index in [1.807, 2.05) is 31.3 Å². The smallest absolute Gasteiger partial charge is 0.341 e. The molecule has 6 heteroatoms. The minimum Gasteiger partial charge on any atom is -0.492 e. The summed E-state index contributed by atoms with van der Waals surface area (Å²) in [6, 6.07) is 10.1. The van der Waals surface area contributed by atoms with Gasteiger partial charge in [0, 0.05) is 17.7 Å². The molecule has 2 atom stereocenters. The molecule has 0 bridgehead atoms. The molecule has 1 N–H and O–H groups in total. The van der Waals surface area contributed by atoms with Crippen LogP contribution >= 0.6 is 15.9 Å². The van der Waals surface area contributed by atoms with Crippen molar-refractivity contribution in [2.24, 2.45) is 11.8 Å².